The molecule has 1 N–H and O–H groups in total. The van der Waals surface area contributed by atoms with Crippen LogP contribution in [0.4, 0.5) is 5.69 Å². The van der Waals surface area contributed by atoms with E-state index in [4.69, 9.17) is 0 Å². The van der Waals surface area contributed by atoms with E-state index >= 15 is 0 Å². The zero-order valence-electron chi connectivity index (χ0n) is 16.4. The Labute approximate surface area is 160 Å². The molecule has 2 aromatic rings. The van der Waals surface area contributed by atoms with Crippen LogP contribution >= 0.6 is 0 Å². The van der Waals surface area contributed by atoms with Crippen LogP contribution in [0.5, 0.6) is 0 Å². The van der Waals surface area contributed by atoms with Crippen molar-refractivity contribution in [1.29, 1.82) is 0 Å². The van der Waals surface area contributed by atoms with Crippen LogP contribution in [-0.4, -0.2) is 25.1 Å². The summed E-state index contributed by atoms with van der Waals surface area (Å²) in [5.74, 6) is -0.0954. The molecular formula is C20H26N2O4S. The Morgan fingerprint density at radius 1 is 1.15 bits per heavy atom. The summed E-state index contributed by atoms with van der Waals surface area (Å²) in [6.07, 6.45) is 3.64. The lowest BCUT2D eigenvalue weighted by molar-refractivity contribution is 0.102. The maximum absolute atomic E-state index is 12.8. The van der Waals surface area contributed by atoms with E-state index in [-0.39, 0.29) is 16.0 Å². The molecule has 0 unspecified atom stereocenters. The molecule has 6 nitrogen and oxygen atoms in total. The Morgan fingerprint density at radius 3 is 2.41 bits per heavy atom. The van der Waals surface area contributed by atoms with Crippen LogP contribution in [0.2, 0.25) is 0 Å². The van der Waals surface area contributed by atoms with Crippen LogP contribution in [-0.2, 0) is 16.4 Å². The SMILES string of the molecule is Cc1ccc(S(C)(=O)=O)cc1NC(=O)c1c(C)ccn(CCC(C)C)c1=O. The minimum Gasteiger partial charge on any atom is -0.322 e. The van der Waals surface area contributed by atoms with E-state index in [1.165, 1.54) is 12.1 Å². The average Bonchev–Trinajstić information content (AvgIpc) is 2.55. The number of carbonyl (C=O) groups is 1. The highest BCUT2D eigenvalue weighted by molar-refractivity contribution is 7.90. The van der Waals surface area contributed by atoms with Gasteiger partial charge in [-0.15, -0.1) is 0 Å². The summed E-state index contributed by atoms with van der Waals surface area (Å²) in [6.45, 7) is 8.16. The van der Waals surface area contributed by atoms with E-state index in [1.54, 1.807) is 36.7 Å². The van der Waals surface area contributed by atoms with E-state index in [0.717, 1.165) is 12.7 Å². The van der Waals surface area contributed by atoms with Gasteiger partial charge in [-0.3, -0.25) is 9.59 Å². The third-order valence-corrected chi connectivity index (χ3v) is 5.54. The average molecular weight is 391 g/mol. The maximum Gasteiger partial charge on any atom is 0.263 e. The smallest absolute Gasteiger partial charge is 0.263 e. The van der Waals surface area contributed by atoms with E-state index in [1.807, 2.05) is 0 Å². The lowest BCUT2D eigenvalue weighted by atomic mass is 10.1. The Kier molecular flexibility index (Phi) is 6.26. The minimum atomic E-state index is -3.40. The zero-order chi connectivity index (χ0) is 20.4. The Morgan fingerprint density at radius 2 is 1.81 bits per heavy atom. The number of benzene rings is 1. The molecule has 1 aromatic heterocycles. The molecule has 0 saturated heterocycles. The molecule has 146 valence electrons. The molecule has 0 fully saturated rings. The number of aryl methyl sites for hydroxylation is 3. The number of rotatable bonds is 6. The summed E-state index contributed by atoms with van der Waals surface area (Å²) >= 11 is 0. The first-order chi connectivity index (χ1) is 12.5. The lowest BCUT2D eigenvalue weighted by Gasteiger charge is -2.13. The minimum absolute atomic E-state index is 0.0745. The van der Waals surface area contributed by atoms with Gasteiger partial charge in [-0.1, -0.05) is 19.9 Å². The fourth-order valence-corrected chi connectivity index (χ4v) is 3.31. The van der Waals surface area contributed by atoms with Crippen LogP contribution < -0.4 is 10.9 Å². The highest BCUT2D eigenvalue weighted by Crippen LogP contribution is 2.21. The third-order valence-electron chi connectivity index (χ3n) is 4.43. The van der Waals surface area contributed by atoms with E-state index in [9.17, 15) is 18.0 Å². The van der Waals surface area contributed by atoms with Crippen LogP contribution in [0.3, 0.4) is 0 Å². The predicted molar refractivity (Wildman–Crippen MR) is 107 cm³/mol. The van der Waals surface area contributed by atoms with Gasteiger partial charge >= 0.3 is 0 Å². The van der Waals surface area contributed by atoms with Crippen molar-refractivity contribution in [2.24, 2.45) is 5.92 Å². The van der Waals surface area contributed by atoms with Crippen molar-refractivity contribution in [3.05, 3.63) is 57.5 Å². The fourth-order valence-electron chi connectivity index (χ4n) is 2.67. The lowest BCUT2D eigenvalue weighted by Crippen LogP contribution is -2.30. The molecule has 2 rings (SSSR count). The molecule has 1 heterocycles. The second-order valence-electron chi connectivity index (χ2n) is 7.26. The number of aromatic nitrogens is 1. The number of amides is 1. The van der Waals surface area contributed by atoms with E-state index in [0.29, 0.717) is 29.3 Å². The molecule has 0 bridgehead atoms. The van der Waals surface area contributed by atoms with Gasteiger partial charge in [-0.2, -0.15) is 0 Å². The summed E-state index contributed by atoms with van der Waals surface area (Å²) in [5.41, 5.74) is 1.40. The highest BCUT2D eigenvalue weighted by Gasteiger charge is 2.18. The first kappa shape index (κ1) is 20.9. The van der Waals surface area contributed by atoms with Crippen molar-refractivity contribution in [1.82, 2.24) is 4.57 Å². The second-order valence-corrected chi connectivity index (χ2v) is 9.27. The number of sulfone groups is 1. The molecular weight excluding hydrogens is 364 g/mol. The highest BCUT2D eigenvalue weighted by atomic mass is 32.2. The number of nitrogens with zero attached hydrogens (tertiary/aromatic N) is 1. The molecule has 0 aliphatic carbocycles. The molecule has 27 heavy (non-hydrogen) atoms. The van der Waals surface area contributed by atoms with Gasteiger partial charge < -0.3 is 9.88 Å². The molecule has 1 aromatic carbocycles. The Hall–Kier alpha value is -2.41. The van der Waals surface area contributed by atoms with Crippen molar-refractivity contribution in [2.45, 2.75) is 45.6 Å². The first-order valence-electron chi connectivity index (χ1n) is 8.82. The van der Waals surface area contributed by atoms with Crippen molar-refractivity contribution in [2.75, 3.05) is 11.6 Å². The van der Waals surface area contributed by atoms with Gasteiger partial charge in [-0.05, 0) is 55.5 Å². The topological polar surface area (TPSA) is 85.2 Å². The molecule has 0 saturated carbocycles. The Balaban J connectivity index is 2.39. The fraction of sp³-hybridized carbons (Fsp3) is 0.400. The van der Waals surface area contributed by atoms with Crippen molar-refractivity contribution < 1.29 is 13.2 Å². The molecule has 7 heteroatoms. The van der Waals surface area contributed by atoms with Gasteiger partial charge in [0.25, 0.3) is 11.5 Å². The molecule has 0 atom stereocenters. The number of anilines is 1. The van der Waals surface area contributed by atoms with Gasteiger partial charge in [0.2, 0.25) is 0 Å². The van der Waals surface area contributed by atoms with Crippen molar-refractivity contribution >= 4 is 21.4 Å². The van der Waals surface area contributed by atoms with Gasteiger partial charge in [0.05, 0.1) is 4.90 Å². The van der Waals surface area contributed by atoms with Gasteiger partial charge in [0.15, 0.2) is 9.84 Å². The molecule has 0 aliphatic rings. The second kappa shape index (κ2) is 8.08. The molecule has 0 spiro atoms. The van der Waals surface area contributed by atoms with Crippen molar-refractivity contribution in [3.8, 4) is 0 Å². The zero-order valence-corrected chi connectivity index (χ0v) is 17.2. The normalized spacial score (nSPS) is 11.6. The number of hydrogen-bond acceptors (Lipinski definition) is 4. The third kappa shape index (κ3) is 5.07. The summed E-state index contributed by atoms with van der Waals surface area (Å²) in [4.78, 5) is 25.7. The Bertz CT molecular complexity index is 1020. The molecule has 1 amide bonds. The quantitative estimate of drug-likeness (QED) is 0.821. The van der Waals surface area contributed by atoms with Crippen LogP contribution in [0.15, 0.2) is 40.2 Å². The van der Waals surface area contributed by atoms with Crippen LogP contribution in [0.1, 0.15) is 41.8 Å². The van der Waals surface area contributed by atoms with Gasteiger partial charge in [-0.25, -0.2) is 8.42 Å². The van der Waals surface area contributed by atoms with Crippen LogP contribution in [0.25, 0.3) is 0 Å². The number of carbonyl (C=O) groups excluding carboxylic acids is 1. The van der Waals surface area contributed by atoms with E-state index < -0.39 is 15.7 Å². The summed E-state index contributed by atoms with van der Waals surface area (Å²) in [6, 6.07) is 6.28. The summed E-state index contributed by atoms with van der Waals surface area (Å²) in [7, 11) is -3.40. The molecule has 0 aliphatic heterocycles. The largest absolute Gasteiger partial charge is 0.322 e. The summed E-state index contributed by atoms with van der Waals surface area (Å²) in [5, 5.41) is 2.70. The number of nitrogens with one attached hydrogen (secondary N) is 1. The van der Waals surface area contributed by atoms with E-state index in [2.05, 4.69) is 19.2 Å². The first-order valence-corrected chi connectivity index (χ1v) is 10.7. The maximum atomic E-state index is 12.8. The predicted octanol–water partition coefficient (Wildman–Crippen LogP) is 3.17. The monoisotopic (exact) mass is 390 g/mol. The molecule has 0 radical (unpaired) electrons. The van der Waals surface area contributed by atoms with Gasteiger partial charge in [0, 0.05) is 24.7 Å². The standard InChI is InChI=1S/C20H26N2O4S/c1-13(2)8-10-22-11-9-15(4)18(20(22)24)19(23)21-17-12-16(27(5,25)26)7-6-14(17)3/h6-7,9,11-13H,8,10H2,1-5H3,(H,21,23). The summed E-state index contributed by atoms with van der Waals surface area (Å²) < 4.78 is 25.1. The van der Waals surface area contributed by atoms with Crippen LogP contribution in [0, 0.1) is 19.8 Å². The number of pyridine rings is 1. The van der Waals surface area contributed by atoms with Crippen molar-refractivity contribution in [3.63, 3.8) is 0 Å². The number of hydrogen-bond donors (Lipinski definition) is 1. The van der Waals surface area contributed by atoms with Gasteiger partial charge in [0.1, 0.15) is 5.56 Å².